The molecule has 4 nitrogen and oxygen atoms in total. The molecule has 1 rings (SSSR count). The molecule has 0 aliphatic heterocycles. The molecule has 0 aliphatic rings. The standard InChI is InChI=1S/C14H24N2O2/c1-3-9-18-13-7-4-6-12(11-13)14(16-15)8-5-10-17-2/h4,6-7,11,14,16H,3,5,8-10,15H2,1-2H3. The van der Waals surface area contributed by atoms with Gasteiger partial charge < -0.3 is 9.47 Å². The van der Waals surface area contributed by atoms with Crippen LogP contribution in [0.3, 0.4) is 0 Å². The van der Waals surface area contributed by atoms with Crippen molar-refractivity contribution in [1.82, 2.24) is 5.43 Å². The summed E-state index contributed by atoms with van der Waals surface area (Å²) in [6, 6.07) is 8.23. The Bertz CT molecular complexity index is 331. The van der Waals surface area contributed by atoms with Crippen LogP contribution >= 0.6 is 0 Å². The Balaban J connectivity index is 2.60. The van der Waals surface area contributed by atoms with Crippen LogP contribution in [0.2, 0.25) is 0 Å². The Morgan fingerprint density at radius 2 is 2.17 bits per heavy atom. The molecule has 1 unspecified atom stereocenters. The van der Waals surface area contributed by atoms with Crippen molar-refractivity contribution < 1.29 is 9.47 Å². The zero-order valence-corrected chi connectivity index (χ0v) is 11.3. The van der Waals surface area contributed by atoms with E-state index in [4.69, 9.17) is 15.3 Å². The van der Waals surface area contributed by atoms with E-state index in [0.717, 1.165) is 43.8 Å². The van der Waals surface area contributed by atoms with Crippen molar-refractivity contribution in [3.05, 3.63) is 29.8 Å². The lowest BCUT2D eigenvalue weighted by molar-refractivity contribution is 0.189. The number of rotatable bonds is 9. The van der Waals surface area contributed by atoms with E-state index >= 15 is 0 Å². The van der Waals surface area contributed by atoms with Crippen molar-refractivity contribution >= 4 is 0 Å². The zero-order chi connectivity index (χ0) is 13.2. The number of benzene rings is 1. The quantitative estimate of drug-likeness (QED) is 0.402. The van der Waals surface area contributed by atoms with Gasteiger partial charge in [0, 0.05) is 19.8 Å². The molecule has 3 N–H and O–H groups in total. The molecule has 18 heavy (non-hydrogen) atoms. The molecule has 0 saturated heterocycles. The summed E-state index contributed by atoms with van der Waals surface area (Å²) in [7, 11) is 1.71. The summed E-state index contributed by atoms with van der Waals surface area (Å²) in [4.78, 5) is 0. The van der Waals surface area contributed by atoms with Crippen LogP contribution in [-0.4, -0.2) is 20.3 Å². The molecule has 0 bridgehead atoms. The van der Waals surface area contributed by atoms with E-state index in [0.29, 0.717) is 0 Å². The van der Waals surface area contributed by atoms with Gasteiger partial charge in [0.25, 0.3) is 0 Å². The predicted octanol–water partition coefficient (Wildman–Crippen LogP) is 2.41. The third-order valence-electron chi connectivity index (χ3n) is 2.78. The number of nitrogens with one attached hydrogen (secondary N) is 1. The average Bonchev–Trinajstić information content (AvgIpc) is 2.42. The van der Waals surface area contributed by atoms with Gasteiger partial charge in [-0.25, -0.2) is 0 Å². The van der Waals surface area contributed by atoms with Gasteiger partial charge >= 0.3 is 0 Å². The van der Waals surface area contributed by atoms with Crippen LogP contribution in [-0.2, 0) is 4.74 Å². The van der Waals surface area contributed by atoms with Crippen LogP contribution in [0.5, 0.6) is 5.75 Å². The fraction of sp³-hybridized carbons (Fsp3) is 0.571. The highest BCUT2D eigenvalue weighted by molar-refractivity contribution is 5.30. The molecule has 102 valence electrons. The van der Waals surface area contributed by atoms with Crippen LogP contribution in [0, 0.1) is 0 Å². The highest BCUT2D eigenvalue weighted by atomic mass is 16.5. The molecule has 0 spiro atoms. The maximum Gasteiger partial charge on any atom is 0.119 e. The van der Waals surface area contributed by atoms with E-state index < -0.39 is 0 Å². The first-order chi connectivity index (χ1) is 8.81. The van der Waals surface area contributed by atoms with Crippen LogP contribution in [0.25, 0.3) is 0 Å². The van der Waals surface area contributed by atoms with Gasteiger partial charge in [-0.05, 0) is 37.0 Å². The van der Waals surface area contributed by atoms with E-state index in [9.17, 15) is 0 Å². The van der Waals surface area contributed by atoms with Crippen molar-refractivity contribution in [2.75, 3.05) is 20.3 Å². The number of hydrazine groups is 1. The highest BCUT2D eigenvalue weighted by Crippen LogP contribution is 2.22. The molecule has 0 aromatic heterocycles. The molecule has 0 amide bonds. The van der Waals surface area contributed by atoms with Gasteiger partial charge in [-0.1, -0.05) is 19.1 Å². The predicted molar refractivity (Wildman–Crippen MR) is 73.4 cm³/mol. The molecule has 0 fully saturated rings. The van der Waals surface area contributed by atoms with Crippen LogP contribution in [0.4, 0.5) is 0 Å². The molecule has 1 aromatic carbocycles. The van der Waals surface area contributed by atoms with E-state index in [1.54, 1.807) is 7.11 Å². The van der Waals surface area contributed by atoms with Crippen molar-refractivity contribution in [2.45, 2.75) is 32.2 Å². The largest absolute Gasteiger partial charge is 0.494 e. The maximum absolute atomic E-state index is 5.62. The second-order valence-corrected chi connectivity index (χ2v) is 4.28. The SMILES string of the molecule is CCCOc1cccc(C(CCCOC)NN)c1. The summed E-state index contributed by atoms with van der Waals surface area (Å²) < 4.78 is 10.7. The van der Waals surface area contributed by atoms with Crippen molar-refractivity contribution in [3.63, 3.8) is 0 Å². The molecule has 0 heterocycles. The van der Waals surface area contributed by atoms with E-state index in [1.165, 1.54) is 0 Å². The number of hydrogen-bond acceptors (Lipinski definition) is 4. The molecule has 4 heteroatoms. The van der Waals surface area contributed by atoms with Crippen molar-refractivity contribution in [2.24, 2.45) is 5.84 Å². The Morgan fingerprint density at radius 1 is 1.33 bits per heavy atom. The molecular formula is C14H24N2O2. The summed E-state index contributed by atoms with van der Waals surface area (Å²) in [6.07, 6.45) is 2.93. The molecule has 0 saturated carbocycles. The Kier molecular flexibility index (Phi) is 7.41. The van der Waals surface area contributed by atoms with E-state index in [1.807, 2.05) is 18.2 Å². The maximum atomic E-state index is 5.62. The van der Waals surface area contributed by atoms with Gasteiger partial charge in [0.15, 0.2) is 0 Å². The highest BCUT2D eigenvalue weighted by Gasteiger charge is 2.10. The molecule has 1 aromatic rings. The van der Waals surface area contributed by atoms with E-state index in [-0.39, 0.29) is 6.04 Å². The minimum atomic E-state index is 0.144. The summed E-state index contributed by atoms with van der Waals surface area (Å²) in [5, 5.41) is 0. The van der Waals surface area contributed by atoms with Gasteiger partial charge in [0.2, 0.25) is 0 Å². The summed E-state index contributed by atoms with van der Waals surface area (Å²) in [5.74, 6) is 6.51. The summed E-state index contributed by atoms with van der Waals surface area (Å²) >= 11 is 0. The number of methoxy groups -OCH3 is 1. The van der Waals surface area contributed by atoms with Crippen molar-refractivity contribution in [3.8, 4) is 5.75 Å². The molecule has 0 aliphatic carbocycles. The fourth-order valence-electron chi connectivity index (χ4n) is 1.82. The van der Waals surface area contributed by atoms with Crippen LogP contribution in [0.1, 0.15) is 37.8 Å². The van der Waals surface area contributed by atoms with Crippen LogP contribution in [0.15, 0.2) is 24.3 Å². The summed E-state index contributed by atoms with van der Waals surface area (Å²) in [5.41, 5.74) is 4.00. The number of hydrogen-bond donors (Lipinski definition) is 2. The molecular weight excluding hydrogens is 228 g/mol. The second-order valence-electron chi connectivity index (χ2n) is 4.28. The molecule has 0 radical (unpaired) electrons. The first kappa shape index (κ1) is 15.0. The van der Waals surface area contributed by atoms with Crippen LogP contribution < -0.4 is 16.0 Å². The first-order valence-corrected chi connectivity index (χ1v) is 6.49. The number of ether oxygens (including phenoxy) is 2. The smallest absolute Gasteiger partial charge is 0.119 e. The van der Waals surface area contributed by atoms with Gasteiger partial charge in [0.05, 0.1) is 6.61 Å². The third-order valence-corrected chi connectivity index (χ3v) is 2.78. The van der Waals surface area contributed by atoms with Crippen molar-refractivity contribution in [1.29, 1.82) is 0 Å². The Labute approximate surface area is 109 Å². The monoisotopic (exact) mass is 252 g/mol. The first-order valence-electron chi connectivity index (χ1n) is 6.49. The van der Waals surface area contributed by atoms with Gasteiger partial charge in [-0.2, -0.15) is 0 Å². The van der Waals surface area contributed by atoms with E-state index in [2.05, 4.69) is 18.4 Å². The van der Waals surface area contributed by atoms with Gasteiger partial charge in [-0.15, -0.1) is 0 Å². The number of nitrogens with two attached hydrogens (primary N) is 1. The minimum Gasteiger partial charge on any atom is -0.494 e. The molecule has 1 atom stereocenters. The topological polar surface area (TPSA) is 56.5 Å². The zero-order valence-electron chi connectivity index (χ0n) is 11.3. The Hall–Kier alpha value is -1.10. The average molecular weight is 252 g/mol. The van der Waals surface area contributed by atoms with Gasteiger partial charge in [-0.3, -0.25) is 11.3 Å². The lowest BCUT2D eigenvalue weighted by Crippen LogP contribution is -2.28. The summed E-state index contributed by atoms with van der Waals surface area (Å²) in [6.45, 7) is 3.59. The lowest BCUT2D eigenvalue weighted by atomic mass is 10.0. The minimum absolute atomic E-state index is 0.144. The fourth-order valence-corrected chi connectivity index (χ4v) is 1.82. The normalized spacial score (nSPS) is 12.4. The third kappa shape index (κ3) is 5.04. The second kappa shape index (κ2) is 8.91. The lowest BCUT2D eigenvalue weighted by Gasteiger charge is -2.17. The Morgan fingerprint density at radius 3 is 2.83 bits per heavy atom. The van der Waals surface area contributed by atoms with Gasteiger partial charge in [0.1, 0.15) is 5.75 Å².